The van der Waals surface area contributed by atoms with Crippen LogP contribution in [0.2, 0.25) is 0 Å². The smallest absolute Gasteiger partial charge is 0.550 e. The molecule has 8 nitrogen and oxygen atoms in total. The van der Waals surface area contributed by atoms with Gasteiger partial charge < -0.3 is 39.6 Å². The maximum Gasteiger partial charge on any atom is 2.00 e. The first kappa shape index (κ1) is 92.1. The predicted octanol–water partition coefficient (Wildman–Crippen LogP) is 20.0. The second-order valence-electron chi connectivity index (χ2n) is 24.3. The molecule has 0 aliphatic rings. The van der Waals surface area contributed by atoms with Gasteiger partial charge in [0.15, 0.2) is 0 Å². The molecule has 0 fully saturated rings. The number of carbonyl (C=O) groups is 4. The van der Waals surface area contributed by atoms with Crippen LogP contribution < -0.4 is 20.4 Å². The van der Waals surface area contributed by atoms with E-state index in [1.54, 1.807) is 0 Å². The molecule has 2 radical (unpaired) electrons. The van der Waals surface area contributed by atoms with E-state index in [2.05, 4.69) is 27.7 Å². The molecule has 10 heteroatoms. The van der Waals surface area contributed by atoms with E-state index in [4.69, 9.17) is 0 Å². The summed E-state index contributed by atoms with van der Waals surface area (Å²) in [5.41, 5.74) is 0. The summed E-state index contributed by atoms with van der Waals surface area (Å²) in [5.74, 6) is -3.61. The van der Waals surface area contributed by atoms with Crippen molar-refractivity contribution in [2.75, 3.05) is 0 Å². The Morgan fingerprint density at radius 3 is 0.305 bits per heavy atom. The standard InChI is InChI=1S/4C18H36O2.2Cu/c4*1-2-3-4-5-6-7-8-9-10-11-12-13-14-15-16-17-18(19)20;;/h4*2-17H2,1H3,(H,19,20);;/q;;;;2*+2/p-4. The number of hydrogen-bond donors (Lipinski definition) is 0. The van der Waals surface area contributed by atoms with E-state index in [1.165, 1.54) is 334 Å². The molecule has 0 spiro atoms. The SMILES string of the molecule is CCCCCCCCCCCCCCCCCC(=O)[O-].CCCCCCCCCCCCCCCCCC(=O)[O-].CCCCCCCCCCCCCCCCCC(=O)[O-].CCCCCCCCCCCCCCCCCC(=O)[O-].[Cu+2].[Cu+2]. The summed E-state index contributed by atoms with van der Waals surface area (Å²) in [6, 6.07) is 0. The summed E-state index contributed by atoms with van der Waals surface area (Å²) in [6.45, 7) is 9.07. The van der Waals surface area contributed by atoms with Crippen molar-refractivity contribution in [3.05, 3.63) is 0 Å². The van der Waals surface area contributed by atoms with E-state index in [1.807, 2.05) is 0 Å². The van der Waals surface area contributed by atoms with Gasteiger partial charge in [-0.1, -0.05) is 387 Å². The summed E-state index contributed by atoms with van der Waals surface area (Å²) >= 11 is 0. The molecule has 0 aromatic carbocycles. The third-order valence-corrected chi connectivity index (χ3v) is 15.9. The number of hydrogen-bond acceptors (Lipinski definition) is 8. The van der Waals surface area contributed by atoms with E-state index < -0.39 is 23.9 Å². The number of rotatable bonds is 64. The van der Waals surface area contributed by atoms with Gasteiger partial charge in [-0.2, -0.15) is 0 Å². The normalized spacial score (nSPS) is 10.6. The number of carbonyl (C=O) groups excluding carboxylic acids is 4. The first-order valence-corrected chi connectivity index (χ1v) is 35.9. The van der Waals surface area contributed by atoms with Crippen molar-refractivity contribution in [3.63, 3.8) is 0 Å². The Labute approximate surface area is 533 Å². The molecule has 0 unspecified atom stereocenters. The molecular weight excluding hydrogens is 1120 g/mol. The minimum Gasteiger partial charge on any atom is -0.550 e. The van der Waals surface area contributed by atoms with Crippen LogP contribution in [0.25, 0.3) is 0 Å². The van der Waals surface area contributed by atoms with E-state index in [0.29, 0.717) is 0 Å². The Bertz CT molecular complexity index is 996. The molecular formula is C72H140Cu2O8. The summed E-state index contributed by atoms with van der Waals surface area (Å²) in [4.78, 5) is 40.9. The van der Waals surface area contributed by atoms with Crippen LogP contribution in [-0.4, -0.2) is 23.9 Å². The van der Waals surface area contributed by atoms with Crippen LogP contribution in [0.4, 0.5) is 0 Å². The molecule has 82 heavy (non-hydrogen) atoms. The van der Waals surface area contributed by atoms with Crippen LogP contribution in [0.5, 0.6) is 0 Å². The molecule has 0 aromatic heterocycles. The van der Waals surface area contributed by atoms with Gasteiger partial charge in [0.1, 0.15) is 0 Å². The molecule has 0 saturated carbocycles. The molecule has 0 rings (SSSR count). The maximum absolute atomic E-state index is 10.2. The van der Waals surface area contributed by atoms with E-state index in [0.717, 1.165) is 51.4 Å². The topological polar surface area (TPSA) is 161 Å². The van der Waals surface area contributed by atoms with Crippen molar-refractivity contribution in [1.29, 1.82) is 0 Å². The predicted molar refractivity (Wildman–Crippen MR) is 338 cm³/mol. The molecule has 0 aliphatic carbocycles. The third-order valence-electron chi connectivity index (χ3n) is 15.9. The minimum atomic E-state index is -0.903. The number of carboxylic acid groups (broad SMARTS) is 4. The fourth-order valence-electron chi connectivity index (χ4n) is 10.6. The van der Waals surface area contributed by atoms with E-state index in [-0.39, 0.29) is 59.8 Å². The summed E-state index contributed by atoms with van der Waals surface area (Å²) in [7, 11) is 0. The van der Waals surface area contributed by atoms with Crippen LogP contribution in [-0.2, 0) is 53.3 Å². The van der Waals surface area contributed by atoms with Gasteiger partial charge >= 0.3 is 34.1 Å². The van der Waals surface area contributed by atoms with E-state index in [9.17, 15) is 39.6 Å². The second kappa shape index (κ2) is 88.7. The Hall–Kier alpha value is -1.08. The van der Waals surface area contributed by atoms with Gasteiger partial charge in [0.2, 0.25) is 0 Å². The fraction of sp³-hybridized carbons (Fsp3) is 0.944. The van der Waals surface area contributed by atoms with Gasteiger partial charge in [0, 0.05) is 23.9 Å². The number of unbranched alkanes of at least 4 members (excludes halogenated alkanes) is 56. The molecule has 0 aliphatic heterocycles. The second-order valence-corrected chi connectivity index (χ2v) is 24.3. The zero-order valence-corrected chi connectivity index (χ0v) is 57.0. The Kier molecular flexibility index (Phi) is 99.6. The monoisotopic (exact) mass is 1260 g/mol. The fourth-order valence-corrected chi connectivity index (χ4v) is 10.6. The molecule has 0 N–H and O–H groups in total. The summed E-state index contributed by atoms with van der Waals surface area (Å²) in [5, 5.41) is 40.9. The van der Waals surface area contributed by atoms with Gasteiger partial charge in [0.25, 0.3) is 0 Å². The van der Waals surface area contributed by atoms with Crippen molar-refractivity contribution in [3.8, 4) is 0 Å². The summed E-state index contributed by atoms with van der Waals surface area (Å²) < 4.78 is 0. The zero-order chi connectivity index (χ0) is 59.6. The average Bonchev–Trinajstić information content (AvgIpc) is 3.43. The maximum atomic E-state index is 10.2. The first-order valence-electron chi connectivity index (χ1n) is 35.9. The van der Waals surface area contributed by atoms with Crippen LogP contribution in [0, 0.1) is 0 Å². The van der Waals surface area contributed by atoms with Gasteiger partial charge in [-0.3, -0.25) is 0 Å². The van der Waals surface area contributed by atoms with Crippen molar-refractivity contribution >= 4 is 23.9 Å². The van der Waals surface area contributed by atoms with Crippen LogP contribution in [0.3, 0.4) is 0 Å². The number of carboxylic acids is 4. The van der Waals surface area contributed by atoms with Crippen molar-refractivity contribution in [1.82, 2.24) is 0 Å². The first-order chi connectivity index (χ1) is 39.1. The molecule has 0 heterocycles. The van der Waals surface area contributed by atoms with Crippen LogP contribution in [0.15, 0.2) is 0 Å². The van der Waals surface area contributed by atoms with E-state index >= 15 is 0 Å². The van der Waals surface area contributed by atoms with Crippen LogP contribution in [0.1, 0.15) is 439 Å². The molecule has 0 bridgehead atoms. The Balaban J connectivity index is -0.000000233. The molecule has 0 atom stereocenters. The van der Waals surface area contributed by atoms with Crippen LogP contribution >= 0.6 is 0 Å². The Morgan fingerprint density at radius 2 is 0.232 bits per heavy atom. The van der Waals surface area contributed by atoms with Crippen molar-refractivity contribution in [2.24, 2.45) is 0 Å². The van der Waals surface area contributed by atoms with Crippen molar-refractivity contribution < 1.29 is 73.7 Å². The van der Waals surface area contributed by atoms with Crippen molar-refractivity contribution in [2.45, 2.75) is 439 Å². The average molecular weight is 1260 g/mol. The molecule has 0 amide bonds. The largest absolute Gasteiger partial charge is 2.00 e. The van der Waals surface area contributed by atoms with Gasteiger partial charge in [-0.25, -0.2) is 0 Å². The quantitative estimate of drug-likeness (QED) is 0.0430. The summed E-state index contributed by atoms with van der Waals surface area (Å²) in [6.07, 6.45) is 79.4. The van der Waals surface area contributed by atoms with Gasteiger partial charge in [0.05, 0.1) is 0 Å². The minimum absolute atomic E-state index is 0. The third kappa shape index (κ3) is 107. The van der Waals surface area contributed by atoms with Gasteiger partial charge in [-0.15, -0.1) is 0 Å². The molecule has 0 aromatic rings. The van der Waals surface area contributed by atoms with Gasteiger partial charge in [-0.05, 0) is 51.4 Å². The number of aliphatic carboxylic acids is 4. The molecule has 0 saturated heterocycles. The Morgan fingerprint density at radius 1 is 0.159 bits per heavy atom. The molecule has 498 valence electrons. The zero-order valence-electron chi connectivity index (χ0n) is 55.1.